The van der Waals surface area contributed by atoms with Gasteiger partial charge < -0.3 is 14.4 Å². The van der Waals surface area contributed by atoms with Crippen LogP contribution in [0.15, 0.2) is 97.2 Å². The summed E-state index contributed by atoms with van der Waals surface area (Å²) in [6, 6.07) is 25.8. The van der Waals surface area contributed by atoms with Gasteiger partial charge in [-0.25, -0.2) is 4.98 Å². The molecule has 4 nitrogen and oxygen atoms in total. The molecule has 202 valence electrons. The molecule has 0 spiro atoms. The number of halogens is 5. The normalized spacial score (nSPS) is 11.7. The Kier molecular flexibility index (Phi) is 7.87. The van der Waals surface area contributed by atoms with Gasteiger partial charge in [-0.2, -0.15) is 0 Å². The zero-order valence-corrected chi connectivity index (χ0v) is 22.3. The second-order valence-corrected chi connectivity index (χ2v) is 9.77. The van der Waals surface area contributed by atoms with Crippen LogP contribution in [-0.2, 0) is 6.54 Å². The molecular weight excluding hydrogens is 560 g/mol. The summed E-state index contributed by atoms with van der Waals surface area (Å²) in [5.41, 5.74) is 5.02. The Labute approximate surface area is 238 Å². The van der Waals surface area contributed by atoms with Gasteiger partial charge in [0.2, 0.25) is 0 Å². The fourth-order valence-electron chi connectivity index (χ4n) is 4.12. The highest BCUT2D eigenvalue weighted by atomic mass is 35.5. The average Bonchev–Trinajstić information content (AvgIpc) is 3.30. The molecule has 1 N–H and O–H groups in total. The summed E-state index contributed by atoms with van der Waals surface area (Å²) in [4.78, 5) is 4.77. The zero-order valence-electron chi connectivity index (χ0n) is 20.7. The second-order valence-electron chi connectivity index (χ2n) is 8.93. The third-order valence-electron chi connectivity index (χ3n) is 6.06. The Hall–Kier alpha value is -4.20. The lowest BCUT2D eigenvalue weighted by Gasteiger charge is -2.10. The minimum atomic E-state index is -4.75. The number of hydrogen-bond acceptors (Lipinski definition) is 3. The van der Waals surface area contributed by atoms with Gasteiger partial charge in [-0.1, -0.05) is 77.8 Å². The summed E-state index contributed by atoms with van der Waals surface area (Å²) >= 11 is 12.5. The first kappa shape index (κ1) is 27.4. The molecule has 40 heavy (non-hydrogen) atoms. The maximum absolute atomic E-state index is 12.5. The highest BCUT2D eigenvalue weighted by Gasteiger charge is 2.31. The van der Waals surface area contributed by atoms with Crippen LogP contribution in [0.4, 0.5) is 13.2 Å². The van der Waals surface area contributed by atoms with Gasteiger partial charge in [0.15, 0.2) is 0 Å². The molecule has 1 aromatic heterocycles. The minimum Gasteiger partial charge on any atom is -0.508 e. The summed E-state index contributed by atoms with van der Waals surface area (Å²) in [5, 5.41) is 10.5. The molecular formula is C31H21Cl2F3N2O2. The molecule has 4 aromatic carbocycles. The molecule has 5 rings (SSSR count). The lowest BCUT2D eigenvalue weighted by Crippen LogP contribution is -2.17. The molecule has 0 aliphatic carbocycles. The van der Waals surface area contributed by atoms with E-state index in [1.165, 1.54) is 12.1 Å². The SMILES string of the molecule is Oc1ccc(-c2ccc(/C=C/c3nc(-c4ccc(Cl)cc4Cl)cn3Cc3ccc(OC(F)(F)F)cc3)cc2)cc1. The summed E-state index contributed by atoms with van der Waals surface area (Å²) in [5.74, 6) is 0.550. The zero-order chi connectivity index (χ0) is 28.3. The number of aromatic hydroxyl groups is 1. The Balaban J connectivity index is 1.43. The van der Waals surface area contributed by atoms with Crippen molar-refractivity contribution in [2.75, 3.05) is 0 Å². The fourth-order valence-corrected chi connectivity index (χ4v) is 4.63. The predicted octanol–water partition coefficient (Wildman–Crippen LogP) is 9.35. The number of phenols is 1. The molecule has 0 fully saturated rings. The van der Waals surface area contributed by atoms with E-state index in [0.29, 0.717) is 33.7 Å². The topological polar surface area (TPSA) is 47.3 Å². The smallest absolute Gasteiger partial charge is 0.508 e. The van der Waals surface area contributed by atoms with Gasteiger partial charge in [0.1, 0.15) is 17.3 Å². The van der Waals surface area contributed by atoms with Gasteiger partial charge >= 0.3 is 6.36 Å². The van der Waals surface area contributed by atoms with Gasteiger partial charge in [-0.15, -0.1) is 13.2 Å². The Bertz CT molecular complexity index is 1640. The van der Waals surface area contributed by atoms with Gasteiger partial charge in [0, 0.05) is 23.3 Å². The predicted molar refractivity (Wildman–Crippen MR) is 152 cm³/mol. The third kappa shape index (κ3) is 6.86. The summed E-state index contributed by atoms with van der Waals surface area (Å²) in [7, 11) is 0. The Morgan fingerprint density at radius 2 is 1.48 bits per heavy atom. The molecule has 0 radical (unpaired) electrons. The quantitative estimate of drug-likeness (QED) is 0.208. The number of nitrogens with zero attached hydrogens (tertiary/aromatic N) is 2. The van der Waals surface area contributed by atoms with Gasteiger partial charge in [0.05, 0.1) is 10.7 Å². The van der Waals surface area contributed by atoms with E-state index in [1.807, 2.05) is 59.3 Å². The van der Waals surface area contributed by atoms with Crippen LogP contribution in [0.5, 0.6) is 11.5 Å². The van der Waals surface area contributed by atoms with Crippen LogP contribution < -0.4 is 4.74 Å². The van der Waals surface area contributed by atoms with Crippen molar-refractivity contribution in [1.29, 1.82) is 0 Å². The number of alkyl halides is 3. The van der Waals surface area contributed by atoms with E-state index in [4.69, 9.17) is 28.2 Å². The van der Waals surface area contributed by atoms with Crippen molar-refractivity contribution in [3.05, 3.63) is 124 Å². The summed E-state index contributed by atoms with van der Waals surface area (Å²) in [6.45, 7) is 0.351. The van der Waals surface area contributed by atoms with Gasteiger partial charge in [-0.3, -0.25) is 0 Å². The van der Waals surface area contributed by atoms with Crippen LogP contribution >= 0.6 is 23.2 Å². The van der Waals surface area contributed by atoms with Crippen molar-refractivity contribution in [2.45, 2.75) is 12.9 Å². The van der Waals surface area contributed by atoms with E-state index in [1.54, 1.807) is 42.5 Å². The van der Waals surface area contributed by atoms with Crippen molar-refractivity contribution in [1.82, 2.24) is 9.55 Å². The molecule has 0 unspecified atom stereocenters. The Morgan fingerprint density at radius 3 is 2.10 bits per heavy atom. The second kappa shape index (κ2) is 11.5. The van der Waals surface area contributed by atoms with Crippen molar-refractivity contribution in [3.63, 3.8) is 0 Å². The van der Waals surface area contributed by atoms with Crippen LogP contribution in [0.2, 0.25) is 10.0 Å². The van der Waals surface area contributed by atoms with Crippen molar-refractivity contribution < 1.29 is 23.0 Å². The fraction of sp³-hybridized carbons (Fsp3) is 0.0645. The third-order valence-corrected chi connectivity index (χ3v) is 6.61. The van der Waals surface area contributed by atoms with Crippen molar-refractivity contribution in [2.24, 2.45) is 0 Å². The van der Waals surface area contributed by atoms with E-state index in [2.05, 4.69) is 4.74 Å². The van der Waals surface area contributed by atoms with E-state index in [-0.39, 0.29) is 11.5 Å². The molecule has 0 bridgehead atoms. The number of hydrogen-bond donors (Lipinski definition) is 1. The minimum absolute atomic E-state index is 0.212. The first-order valence-electron chi connectivity index (χ1n) is 12.1. The van der Waals surface area contributed by atoms with Gasteiger partial charge in [0.25, 0.3) is 0 Å². The average molecular weight is 581 g/mol. The summed E-state index contributed by atoms with van der Waals surface area (Å²) in [6.07, 6.45) is 0.874. The maximum atomic E-state index is 12.5. The first-order chi connectivity index (χ1) is 19.1. The van der Waals surface area contributed by atoms with Crippen molar-refractivity contribution in [3.8, 4) is 33.9 Å². The van der Waals surface area contributed by atoms with Crippen LogP contribution in [0.1, 0.15) is 17.0 Å². The molecule has 9 heteroatoms. The lowest BCUT2D eigenvalue weighted by molar-refractivity contribution is -0.274. The number of rotatable bonds is 7. The van der Waals surface area contributed by atoms with E-state index in [0.717, 1.165) is 22.3 Å². The molecule has 0 amide bonds. The van der Waals surface area contributed by atoms with Crippen LogP contribution in [0.3, 0.4) is 0 Å². The summed E-state index contributed by atoms with van der Waals surface area (Å²) < 4.78 is 43.5. The highest BCUT2D eigenvalue weighted by Crippen LogP contribution is 2.31. The molecule has 1 heterocycles. The number of imidazole rings is 1. The lowest BCUT2D eigenvalue weighted by atomic mass is 10.0. The molecule has 5 aromatic rings. The molecule has 0 atom stereocenters. The van der Waals surface area contributed by atoms with E-state index < -0.39 is 6.36 Å². The number of benzene rings is 4. The van der Waals surface area contributed by atoms with Crippen LogP contribution in [0.25, 0.3) is 34.5 Å². The first-order valence-corrected chi connectivity index (χ1v) is 12.8. The maximum Gasteiger partial charge on any atom is 0.573 e. The number of ether oxygens (including phenoxy) is 1. The molecule has 0 saturated carbocycles. The molecule has 0 saturated heterocycles. The van der Waals surface area contributed by atoms with Crippen LogP contribution in [-0.4, -0.2) is 21.0 Å². The van der Waals surface area contributed by atoms with Crippen LogP contribution in [0, 0.1) is 0 Å². The van der Waals surface area contributed by atoms with E-state index >= 15 is 0 Å². The monoisotopic (exact) mass is 580 g/mol. The molecule has 0 aliphatic heterocycles. The van der Waals surface area contributed by atoms with Crippen molar-refractivity contribution >= 4 is 35.4 Å². The standard InChI is InChI=1S/C31H21Cl2F3N2O2/c32-24-10-15-27(28(33)17-24)29-19-38(18-21-3-13-26(14-4-21)40-31(34,35)36)30(37-29)16-5-20-1-6-22(7-2-20)23-8-11-25(39)12-9-23/h1-17,19,39H,18H2/b16-5+. The van der Waals surface area contributed by atoms with E-state index in [9.17, 15) is 18.3 Å². The Morgan fingerprint density at radius 1 is 0.825 bits per heavy atom. The number of aromatic nitrogens is 2. The highest BCUT2D eigenvalue weighted by molar-refractivity contribution is 6.36. The number of phenolic OH excluding ortho intramolecular Hbond substituents is 1. The van der Waals surface area contributed by atoms with Gasteiger partial charge in [-0.05, 0) is 70.8 Å². The molecule has 0 aliphatic rings. The largest absolute Gasteiger partial charge is 0.573 e.